The first kappa shape index (κ1) is 8.65. The molecule has 1 unspecified atom stereocenters. The van der Waals surface area contributed by atoms with Gasteiger partial charge in [-0.2, -0.15) is 4.98 Å². The summed E-state index contributed by atoms with van der Waals surface area (Å²) >= 11 is 0. The van der Waals surface area contributed by atoms with Gasteiger partial charge in [0.05, 0.1) is 6.04 Å². The lowest BCUT2D eigenvalue weighted by Crippen LogP contribution is -2.13. The quantitative estimate of drug-likeness (QED) is 0.687. The third-order valence-electron chi connectivity index (χ3n) is 2.21. The van der Waals surface area contributed by atoms with Crippen molar-refractivity contribution in [3.8, 4) is 0 Å². The predicted octanol–water partition coefficient (Wildman–Crippen LogP) is -0.00470. The lowest BCUT2D eigenvalue weighted by atomic mass is 10.2. The fraction of sp³-hybridized carbons (Fsp3) is 0.750. The largest absolute Gasteiger partial charge is 0.338 e. The number of nitrogens with zero attached hydrogens (tertiary/aromatic N) is 2. The van der Waals surface area contributed by atoms with Gasteiger partial charge in [-0.15, -0.1) is 0 Å². The first-order valence-electron chi connectivity index (χ1n) is 4.66. The Bertz CT molecular complexity index is 267. The summed E-state index contributed by atoms with van der Waals surface area (Å²) in [6, 6.07) is 0.263. The van der Waals surface area contributed by atoms with E-state index in [0.717, 1.165) is 13.0 Å². The summed E-state index contributed by atoms with van der Waals surface area (Å²) in [5.41, 5.74) is 5.39. The molecule has 5 heteroatoms. The van der Waals surface area contributed by atoms with Crippen molar-refractivity contribution < 1.29 is 4.52 Å². The van der Waals surface area contributed by atoms with Crippen molar-refractivity contribution in [3.63, 3.8) is 0 Å². The molecule has 0 saturated carbocycles. The SMILES string of the molecule is NCCc1noc(C2CCCN2)n1. The molecule has 5 nitrogen and oxygen atoms in total. The molecule has 0 aromatic carbocycles. The van der Waals surface area contributed by atoms with Crippen molar-refractivity contribution in [1.82, 2.24) is 15.5 Å². The second-order valence-electron chi connectivity index (χ2n) is 3.24. The maximum atomic E-state index is 5.39. The van der Waals surface area contributed by atoms with Crippen molar-refractivity contribution in [2.75, 3.05) is 13.1 Å². The number of rotatable bonds is 3. The second-order valence-corrected chi connectivity index (χ2v) is 3.24. The van der Waals surface area contributed by atoms with Gasteiger partial charge in [0.1, 0.15) is 0 Å². The fourth-order valence-corrected chi connectivity index (χ4v) is 1.53. The van der Waals surface area contributed by atoms with Crippen molar-refractivity contribution >= 4 is 0 Å². The summed E-state index contributed by atoms with van der Waals surface area (Å²) in [5, 5.41) is 7.15. The van der Waals surface area contributed by atoms with E-state index in [9.17, 15) is 0 Å². The minimum absolute atomic E-state index is 0.263. The molecule has 1 aliphatic rings. The Kier molecular flexibility index (Phi) is 2.56. The van der Waals surface area contributed by atoms with Crippen LogP contribution >= 0.6 is 0 Å². The molecular formula is C8H14N4O. The molecule has 2 heterocycles. The molecule has 1 fully saturated rings. The van der Waals surface area contributed by atoms with E-state index in [-0.39, 0.29) is 6.04 Å². The van der Waals surface area contributed by atoms with Crippen molar-refractivity contribution in [2.24, 2.45) is 5.73 Å². The number of nitrogens with one attached hydrogen (secondary N) is 1. The first-order chi connectivity index (χ1) is 6.40. The van der Waals surface area contributed by atoms with Gasteiger partial charge in [0, 0.05) is 6.42 Å². The molecule has 72 valence electrons. The van der Waals surface area contributed by atoms with E-state index in [1.807, 2.05) is 0 Å². The summed E-state index contributed by atoms with van der Waals surface area (Å²) in [4.78, 5) is 4.26. The maximum Gasteiger partial charge on any atom is 0.243 e. The van der Waals surface area contributed by atoms with Crippen LogP contribution in [0.2, 0.25) is 0 Å². The zero-order chi connectivity index (χ0) is 9.10. The predicted molar refractivity (Wildman–Crippen MR) is 47.0 cm³/mol. The molecule has 0 spiro atoms. The minimum atomic E-state index is 0.263. The Morgan fingerprint density at radius 3 is 3.23 bits per heavy atom. The van der Waals surface area contributed by atoms with E-state index in [0.29, 0.717) is 24.7 Å². The summed E-state index contributed by atoms with van der Waals surface area (Å²) in [6.45, 7) is 1.61. The Hall–Kier alpha value is -0.940. The van der Waals surface area contributed by atoms with Crippen LogP contribution < -0.4 is 11.1 Å². The van der Waals surface area contributed by atoms with Gasteiger partial charge in [-0.05, 0) is 25.9 Å². The van der Waals surface area contributed by atoms with Crippen molar-refractivity contribution in [3.05, 3.63) is 11.7 Å². The van der Waals surface area contributed by atoms with Crippen LogP contribution in [0.15, 0.2) is 4.52 Å². The molecule has 13 heavy (non-hydrogen) atoms. The van der Waals surface area contributed by atoms with Gasteiger partial charge in [0.25, 0.3) is 0 Å². The van der Waals surface area contributed by atoms with Crippen LogP contribution in [0.1, 0.15) is 30.6 Å². The van der Waals surface area contributed by atoms with E-state index >= 15 is 0 Å². The van der Waals surface area contributed by atoms with E-state index in [1.165, 1.54) is 6.42 Å². The average Bonchev–Trinajstić information content (AvgIpc) is 2.70. The van der Waals surface area contributed by atoms with E-state index < -0.39 is 0 Å². The van der Waals surface area contributed by atoms with Gasteiger partial charge in [-0.25, -0.2) is 0 Å². The highest BCUT2D eigenvalue weighted by molar-refractivity contribution is 4.95. The third kappa shape index (κ3) is 1.87. The monoisotopic (exact) mass is 182 g/mol. The van der Waals surface area contributed by atoms with E-state index in [4.69, 9.17) is 10.3 Å². The van der Waals surface area contributed by atoms with Crippen LogP contribution in [0, 0.1) is 0 Å². The summed E-state index contributed by atoms with van der Waals surface area (Å²) in [6.07, 6.45) is 2.96. The van der Waals surface area contributed by atoms with Crippen LogP contribution in [0.25, 0.3) is 0 Å². The summed E-state index contributed by atoms with van der Waals surface area (Å²) in [7, 11) is 0. The number of nitrogens with two attached hydrogens (primary N) is 1. The molecule has 0 bridgehead atoms. The summed E-state index contributed by atoms with van der Waals surface area (Å²) in [5.74, 6) is 1.42. The van der Waals surface area contributed by atoms with E-state index in [1.54, 1.807) is 0 Å². The molecule has 1 aliphatic heterocycles. The van der Waals surface area contributed by atoms with Crippen molar-refractivity contribution in [1.29, 1.82) is 0 Å². The minimum Gasteiger partial charge on any atom is -0.338 e. The Labute approximate surface area is 76.7 Å². The Morgan fingerprint density at radius 1 is 1.62 bits per heavy atom. The number of hydrogen-bond acceptors (Lipinski definition) is 5. The molecule has 1 atom stereocenters. The van der Waals surface area contributed by atoms with Crippen molar-refractivity contribution in [2.45, 2.75) is 25.3 Å². The smallest absolute Gasteiger partial charge is 0.243 e. The van der Waals surface area contributed by atoms with Gasteiger partial charge < -0.3 is 15.6 Å². The average molecular weight is 182 g/mol. The summed E-state index contributed by atoms with van der Waals surface area (Å²) < 4.78 is 5.12. The Balaban J connectivity index is 2.03. The molecule has 2 rings (SSSR count). The Morgan fingerprint density at radius 2 is 2.54 bits per heavy atom. The van der Waals surface area contributed by atoms with Gasteiger partial charge in [-0.3, -0.25) is 0 Å². The van der Waals surface area contributed by atoms with Crippen LogP contribution in [-0.4, -0.2) is 23.2 Å². The van der Waals surface area contributed by atoms with Gasteiger partial charge in [-0.1, -0.05) is 5.16 Å². The molecule has 0 aliphatic carbocycles. The second kappa shape index (κ2) is 3.85. The first-order valence-corrected chi connectivity index (χ1v) is 4.66. The zero-order valence-corrected chi connectivity index (χ0v) is 7.49. The lowest BCUT2D eigenvalue weighted by molar-refractivity contribution is 0.341. The number of hydrogen-bond donors (Lipinski definition) is 2. The van der Waals surface area contributed by atoms with Crippen LogP contribution in [0.4, 0.5) is 0 Å². The molecule has 1 aromatic rings. The van der Waals surface area contributed by atoms with Crippen LogP contribution in [0.5, 0.6) is 0 Å². The highest BCUT2D eigenvalue weighted by Crippen LogP contribution is 2.20. The molecule has 0 amide bonds. The topological polar surface area (TPSA) is 77.0 Å². The van der Waals surface area contributed by atoms with Gasteiger partial charge >= 0.3 is 0 Å². The molecular weight excluding hydrogens is 168 g/mol. The van der Waals surface area contributed by atoms with Crippen LogP contribution in [-0.2, 0) is 6.42 Å². The van der Waals surface area contributed by atoms with Crippen LogP contribution in [0.3, 0.4) is 0 Å². The fourth-order valence-electron chi connectivity index (χ4n) is 1.53. The highest BCUT2D eigenvalue weighted by atomic mass is 16.5. The van der Waals surface area contributed by atoms with E-state index in [2.05, 4.69) is 15.5 Å². The number of aromatic nitrogens is 2. The molecule has 1 saturated heterocycles. The highest BCUT2D eigenvalue weighted by Gasteiger charge is 2.21. The normalized spacial score (nSPS) is 22.4. The zero-order valence-electron chi connectivity index (χ0n) is 7.49. The maximum absolute atomic E-state index is 5.39. The van der Waals surface area contributed by atoms with Gasteiger partial charge in [0.2, 0.25) is 5.89 Å². The van der Waals surface area contributed by atoms with Gasteiger partial charge in [0.15, 0.2) is 5.82 Å². The standard InChI is InChI=1S/C8H14N4O/c9-4-3-7-11-8(13-12-7)6-2-1-5-10-6/h6,10H,1-5,9H2. The molecule has 1 aromatic heterocycles. The lowest BCUT2D eigenvalue weighted by Gasteiger charge is -2.01. The molecule has 0 radical (unpaired) electrons. The third-order valence-corrected chi connectivity index (χ3v) is 2.21. The molecule has 3 N–H and O–H groups in total.